The van der Waals surface area contributed by atoms with E-state index in [0.29, 0.717) is 37.4 Å². The van der Waals surface area contributed by atoms with Gasteiger partial charge in [-0.15, -0.1) is 24.0 Å². The molecule has 0 aromatic heterocycles. The molecule has 0 aromatic rings. The summed E-state index contributed by atoms with van der Waals surface area (Å²) in [5, 5.41) is 3.33. The van der Waals surface area contributed by atoms with Crippen LogP contribution in [-0.2, 0) is 23.7 Å². The average molecular weight is 1650 g/mol. The molecule has 0 spiro atoms. The summed E-state index contributed by atoms with van der Waals surface area (Å²) >= 11 is 13.0. The van der Waals surface area contributed by atoms with Crippen LogP contribution in [0.25, 0.3) is 0 Å². The van der Waals surface area contributed by atoms with Gasteiger partial charge in [0, 0.05) is 68.0 Å². The molecule has 4 heterocycles. The first kappa shape index (κ1) is 68.2. The van der Waals surface area contributed by atoms with Gasteiger partial charge in [-0.25, -0.2) is 24.0 Å². The van der Waals surface area contributed by atoms with Crippen LogP contribution in [0.5, 0.6) is 0 Å². The molecule has 2 aliphatic carbocycles. The van der Waals surface area contributed by atoms with Crippen molar-refractivity contribution in [2.24, 2.45) is 11.8 Å². The molecule has 4 aliphatic heterocycles. The Morgan fingerprint density at radius 1 is 0.627 bits per heavy atom. The molecular weight excluding hydrogens is 1570 g/mol. The Kier molecular flexibility index (Phi) is 34.5. The van der Waals surface area contributed by atoms with E-state index < -0.39 is 16.6 Å². The summed E-state index contributed by atoms with van der Waals surface area (Å²) in [7, 11) is 9.58. The van der Waals surface area contributed by atoms with Crippen LogP contribution in [0.3, 0.4) is 0 Å². The molecule has 4 amide bonds. The second-order valence-electron chi connectivity index (χ2n) is 19.7. The predicted octanol–water partition coefficient (Wildman–Crippen LogP) is 11.0. The number of fused-ring (bicyclic) bond motifs is 6. The molecule has 2 saturated carbocycles. The minimum absolute atomic E-state index is 0. The molecular formula is C45H83ClI6N5O10-. The summed E-state index contributed by atoms with van der Waals surface area (Å²) in [5.41, 5.74) is -1.66. The number of halogens is 7. The van der Waals surface area contributed by atoms with Gasteiger partial charge in [-0.3, -0.25) is 0 Å². The quantitative estimate of drug-likeness (QED) is 0.162. The standard InChI is InChI=1S/C16H28N2O4.C15H27NO2.C11H20N2O2.C2H3ClO2.CH4.I5.HI/c1-16(2,3)22-14(19)17(4)13-9-11-7-6-8-12(10-13)18(11)15(20)21-5;1-15(2,3)18-14(17)16(4)13-9-11-6-5-7-12(8-11)10-13;1-12-8-6-9-4-3-5-10(7-8)13(9)11(14)15-2;1-5-2(3)4;;1-4-5(2)3;/h11-13H,6-10H2,1-5H3;11-13H,5-10H2,1-4H3;8-10,12H,3-7H2,1-2H3;1H3;1H4;;1H/q;;;;;-1;/t2*11-,12+,13?;8?,9-,10+;;;;. The van der Waals surface area contributed by atoms with Crippen LogP contribution in [0.4, 0.5) is 24.0 Å². The van der Waals surface area contributed by atoms with Crippen molar-refractivity contribution < 1.29 is 60.9 Å². The van der Waals surface area contributed by atoms with Crippen molar-refractivity contribution in [1.82, 2.24) is 24.9 Å². The van der Waals surface area contributed by atoms with Gasteiger partial charge in [0.05, 0.1) is 21.3 Å². The zero-order valence-electron chi connectivity index (χ0n) is 41.1. The summed E-state index contributed by atoms with van der Waals surface area (Å²) in [5.74, 6) is 1.68. The average Bonchev–Trinajstić information content (AvgIpc) is 3.23. The Balaban J connectivity index is 0.000000881. The van der Waals surface area contributed by atoms with E-state index in [4.69, 9.17) is 18.9 Å². The zero-order chi connectivity index (χ0) is 49.2. The molecule has 0 aromatic carbocycles. The van der Waals surface area contributed by atoms with Crippen LogP contribution in [0.2, 0.25) is 0 Å². The molecule has 9 atom stereocenters. The Bertz CT molecular complexity index is 1460. The topological polar surface area (TPSA) is 156 Å². The van der Waals surface area contributed by atoms with Crippen molar-refractivity contribution in [3.8, 4) is 0 Å². The van der Waals surface area contributed by atoms with E-state index >= 15 is 0 Å². The third-order valence-corrected chi connectivity index (χ3v) is 95.6. The SMILES string of the molecule is C.CN(C(=O)OC(C)(C)C)C1C[C@H]2CCC[C@@H](C1)C2.CNC1C[C@H]2CCC[C@@H](C1)N2C(=O)OC.COC(=O)Cl.COC(=O)N1[C@@H]2CCC[C@H]1CC(N(C)C(=O)OC(C)(C)C)C2.I.I[I-]I(I)I. The molecule has 1 N–H and O–H groups in total. The van der Waals surface area contributed by atoms with E-state index in [0.717, 1.165) is 69.6 Å². The van der Waals surface area contributed by atoms with Crippen molar-refractivity contribution in [2.45, 2.75) is 205 Å². The summed E-state index contributed by atoms with van der Waals surface area (Å²) < 4.78 is 24.6. The first-order valence-electron chi connectivity index (χ1n) is 22.7. The molecule has 6 rings (SSSR count). The van der Waals surface area contributed by atoms with E-state index in [-0.39, 0.29) is 81.8 Å². The molecule has 0 radical (unpaired) electrons. The van der Waals surface area contributed by atoms with Gasteiger partial charge in [0.1, 0.15) is 11.2 Å². The number of nitrogens with one attached hydrogen (secondary N) is 1. The fourth-order valence-corrected chi connectivity index (χ4v) is 10.1. The van der Waals surface area contributed by atoms with Gasteiger partial charge in [-0.05, 0) is 144 Å². The Morgan fingerprint density at radius 2 is 0.940 bits per heavy atom. The van der Waals surface area contributed by atoms with E-state index in [1.165, 1.54) is 66.3 Å². The molecule has 6 aliphatic rings. The Hall–Kier alpha value is 1.18. The van der Waals surface area contributed by atoms with Crippen LogP contribution in [0.1, 0.15) is 152 Å². The summed E-state index contributed by atoms with van der Waals surface area (Å²) in [4.78, 5) is 64.7. The number of piperidine rings is 4. The Labute approximate surface area is 468 Å². The summed E-state index contributed by atoms with van der Waals surface area (Å²) in [6, 6.07) is 2.19. The number of carbonyl (C=O) groups is 5. The van der Waals surface area contributed by atoms with Crippen molar-refractivity contribution in [2.75, 3.05) is 42.5 Å². The predicted molar refractivity (Wildman–Crippen MR) is 309 cm³/mol. The summed E-state index contributed by atoms with van der Waals surface area (Å²) in [6.07, 6.45) is 17.3. The number of carbonyl (C=O) groups excluding carboxylic acids is 5. The van der Waals surface area contributed by atoms with Gasteiger partial charge in [-0.2, -0.15) is 0 Å². The third kappa shape index (κ3) is 24.8. The normalized spacial score (nSPS) is 27.0. The van der Waals surface area contributed by atoms with Crippen LogP contribution in [0, 0.1) is 11.8 Å². The van der Waals surface area contributed by atoms with Crippen LogP contribution in [-0.4, -0.2) is 145 Å². The van der Waals surface area contributed by atoms with Gasteiger partial charge in [0.15, 0.2) is 0 Å². The van der Waals surface area contributed by atoms with Crippen molar-refractivity contribution in [3.63, 3.8) is 0 Å². The maximum atomic E-state index is 12.2. The molecule has 6 fully saturated rings. The molecule has 398 valence electrons. The van der Waals surface area contributed by atoms with E-state index in [1.807, 2.05) is 70.3 Å². The Morgan fingerprint density at radius 3 is 1.22 bits per heavy atom. The van der Waals surface area contributed by atoms with Crippen molar-refractivity contribution >= 4 is 129 Å². The molecule has 4 saturated heterocycles. The van der Waals surface area contributed by atoms with Crippen molar-refractivity contribution in [1.29, 1.82) is 0 Å². The molecule has 67 heavy (non-hydrogen) atoms. The number of rotatable bonds is 4. The van der Waals surface area contributed by atoms with E-state index in [2.05, 4.69) is 77.5 Å². The fraction of sp³-hybridized carbons (Fsp3) is 0.889. The number of ether oxygens (including phenoxy) is 5. The van der Waals surface area contributed by atoms with Gasteiger partial charge in [0.2, 0.25) is 0 Å². The third-order valence-electron chi connectivity index (χ3n) is 12.9. The van der Waals surface area contributed by atoms with Gasteiger partial charge in [0.25, 0.3) is 0 Å². The van der Waals surface area contributed by atoms with Crippen molar-refractivity contribution in [3.05, 3.63) is 0 Å². The maximum absolute atomic E-state index is 12.2. The van der Waals surface area contributed by atoms with Gasteiger partial charge < -0.3 is 48.6 Å². The van der Waals surface area contributed by atoms with Crippen LogP contribution in [0.15, 0.2) is 0 Å². The molecule has 22 heteroatoms. The number of amides is 4. The van der Waals surface area contributed by atoms with E-state index in [1.54, 1.807) is 11.9 Å². The van der Waals surface area contributed by atoms with E-state index in [9.17, 15) is 24.0 Å². The second-order valence-corrected chi connectivity index (χ2v) is 85.0. The monoisotopic (exact) mass is 1650 g/mol. The summed E-state index contributed by atoms with van der Waals surface area (Å²) in [6.45, 7) is 11.4. The minimum atomic E-state index is -0.773. The van der Waals surface area contributed by atoms with Crippen LogP contribution < -0.4 is 18.6 Å². The van der Waals surface area contributed by atoms with Crippen LogP contribution >= 0.6 is 99.3 Å². The molecule has 3 unspecified atom stereocenters. The molecule has 15 nitrogen and oxygen atoms in total. The first-order valence-corrected chi connectivity index (χ1v) is 48.2. The molecule has 6 bridgehead atoms. The second kappa shape index (κ2) is 33.9. The zero-order valence-corrected chi connectivity index (χ0v) is 54.9. The van der Waals surface area contributed by atoms with Gasteiger partial charge >= 0.3 is 107 Å². The fourth-order valence-electron chi connectivity index (χ4n) is 10.1. The number of nitrogens with zero attached hydrogens (tertiary/aromatic N) is 4. The van der Waals surface area contributed by atoms with Gasteiger partial charge in [-0.1, -0.05) is 26.7 Å². The first-order chi connectivity index (χ1) is 30.4. The number of hydrogen-bond acceptors (Lipinski definition) is 11. The number of hydrogen-bond donors (Lipinski definition) is 1. The number of methoxy groups -OCH3 is 3.